The lowest BCUT2D eigenvalue weighted by Crippen LogP contribution is -2.59. The van der Waals surface area contributed by atoms with Gasteiger partial charge in [0.05, 0.1) is 31.4 Å². The molecule has 2 saturated heterocycles. The number of thiophene rings is 1. The molecule has 3 aromatic rings. The quantitative estimate of drug-likeness (QED) is 0.354. The van der Waals surface area contributed by atoms with Crippen LogP contribution in [0, 0.1) is 28.1 Å². The van der Waals surface area contributed by atoms with E-state index in [1.807, 2.05) is 18.9 Å². The van der Waals surface area contributed by atoms with Gasteiger partial charge >= 0.3 is 6.01 Å². The molecule has 234 valence electrons. The van der Waals surface area contributed by atoms with Gasteiger partial charge in [0.2, 0.25) is 0 Å². The maximum atomic E-state index is 10.5. The zero-order valence-electron chi connectivity index (χ0n) is 25.6. The van der Waals surface area contributed by atoms with E-state index in [9.17, 15) is 10.5 Å². The number of nitrogen functional groups attached to an aromatic ring is 2. The van der Waals surface area contributed by atoms with Crippen molar-refractivity contribution in [1.82, 2.24) is 24.8 Å². The molecular weight excluding hydrogens is 590 g/mol. The number of ether oxygens (including phenoxy) is 2. The molecule has 1 saturated carbocycles. The van der Waals surface area contributed by atoms with Crippen LogP contribution in [-0.2, 0) is 16.6 Å². The molecule has 13 nitrogen and oxygen atoms in total. The summed E-state index contributed by atoms with van der Waals surface area (Å²) < 4.78 is 11.9. The van der Waals surface area contributed by atoms with E-state index in [0.717, 1.165) is 64.1 Å². The Labute approximate surface area is 266 Å². The fourth-order valence-corrected chi connectivity index (χ4v) is 8.20. The third-order valence-corrected chi connectivity index (χ3v) is 11.0. The van der Waals surface area contributed by atoms with Crippen LogP contribution in [0.4, 0.5) is 22.5 Å². The summed E-state index contributed by atoms with van der Waals surface area (Å²) in [7, 11) is 1.87. The number of fused-ring (bicyclic) bond motifs is 2. The van der Waals surface area contributed by atoms with E-state index < -0.39 is 0 Å². The molecule has 0 unspecified atom stereocenters. The number of aromatic nitrogens is 4. The molecule has 7 rings (SSSR count). The number of nitriles is 2. The number of hydrogen-bond acceptors (Lipinski definition) is 14. The first-order chi connectivity index (χ1) is 21.8. The van der Waals surface area contributed by atoms with Crippen molar-refractivity contribution in [1.29, 1.82) is 10.5 Å². The van der Waals surface area contributed by atoms with Gasteiger partial charge in [-0.1, -0.05) is 0 Å². The topological polar surface area (TPSA) is 179 Å². The number of morpholine rings is 1. The zero-order chi connectivity index (χ0) is 31.3. The Bertz CT molecular complexity index is 1700. The van der Waals surface area contributed by atoms with Gasteiger partial charge in [-0.25, -0.2) is 4.98 Å². The summed E-state index contributed by atoms with van der Waals surface area (Å²) >= 11 is 1.52. The van der Waals surface area contributed by atoms with Gasteiger partial charge in [0.1, 0.15) is 34.2 Å². The van der Waals surface area contributed by atoms with Crippen LogP contribution in [0.3, 0.4) is 0 Å². The highest BCUT2D eigenvalue weighted by Gasteiger charge is 2.52. The van der Waals surface area contributed by atoms with Crippen molar-refractivity contribution < 1.29 is 9.47 Å². The van der Waals surface area contributed by atoms with E-state index >= 15 is 0 Å². The van der Waals surface area contributed by atoms with Crippen molar-refractivity contribution in [3.8, 4) is 18.1 Å². The van der Waals surface area contributed by atoms with Gasteiger partial charge in [-0.05, 0) is 38.2 Å². The second-order valence-electron chi connectivity index (χ2n) is 12.8. The summed E-state index contributed by atoms with van der Waals surface area (Å²) in [6.45, 7) is 8.05. The van der Waals surface area contributed by atoms with Gasteiger partial charge in [0.25, 0.3) is 0 Å². The standard InChI is InChI=1S/C31H37N11O2S/c1-19(24-25(34)37-8-7-36-24)40(2)27-21(14-33)28(42-16-31(17-42)4-3-22-23(31)20(13-32)26(35)45-22)39-29(38-27)44-18-30(5-6-30)15-41-9-11-43-12-10-41/h7-8,19H,3-6,9-12,15-18,35H2,1-2H3,(H2,34,37)/t19-/m1/s1. The zero-order valence-corrected chi connectivity index (χ0v) is 26.4. The summed E-state index contributed by atoms with van der Waals surface area (Å²) in [6, 6.07) is 4.64. The average molecular weight is 628 g/mol. The predicted molar refractivity (Wildman–Crippen MR) is 170 cm³/mol. The van der Waals surface area contributed by atoms with E-state index in [0.29, 0.717) is 59.0 Å². The molecule has 4 N–H and O–H groups in total. The van der Waals surface area contributed by atoms with Crippen LogP contribution in [-0.4, -0.2) is 84.4 Å². The van der Waals surface area contributed by atoms with Crippen molar-refractivity contribution in [3.05, 3.63) is 39.7 Å². The molecule has 3 fully saturated rings. The monoisotopic (exact) mass is 627 g/mol. The Morgan fingerprint density at radius 2 is 1.82 bits per heavy atom. The molecule has 4 aliphatic rings. The van der Waals surface area contributed by atoms with Gasteiger partial charge in [-0.2, -0.15) is 20.5 Å². The Kier molecular flexibility index (Phi) is 7.39. The third kappa shape index (κ3) is 5.17. The van der Waals surface area contributed by atoms with Gasteiger partial charge in [-0.15, -0.1) is 11.3 Å². The first-order valence-corrected chi connectivity index (χ1v) is 16.2. The van der Waals surface area contributed by atoms with Gasteiger partial charge < -0.3 is 30.7 Å². The number of nitrogens with zero attached hydrogens (tertiary/aromatic N) is 9. The molecular formula is C31H37N11O2S. The largest absolute Gasteiger partial charge is 0.463 e. The second-order valence-corrected chi connectivity index (χ2v) is 14.0. The number of hydrogen-bond donors (Lipinski definition) is 2. The molecule has 45 heavy (non-hydrogen) atoms. The molecule has 0 amide bonds. The Balaban J connectivity index is 1.20. The number of aryl methyl sites for hydroxylation is 1. The molecule has 2 aliphatic heterocycles. The fourth-order valence-electron chi connectivity index (χ4n) is 7.06. The minimum atomic E-state index is -0.329. The Hall–Kier alpha value is -4.24. The lowest BCUT2D eigenvalue weighted by molar-refractivity contribution is 0.0231. The smallest absolute Gasteiger partial charge is 0.320 e. The molecule has 1 spiro atoms. The third-order valence-electron chi connectivity index (χ3n) is 9.92. The summed E-state index contributed by atoms with van der Waals surface area (Å²) in [5.74, 6) is 1.30. The second kappa shape index (κ2) is 11.3. The maximum Gasteiger partial charge on any atom is 0.320 e. The minimum Gasteiger partial charge on any atom is -0.463 e. The van der Waals surface area contributed by atoms with Gasteiger partial charge in [0, 0.05) is 67.9 Å². The molecule has 0 radical (unpaired) electrons. The van der Waals surface area contributed by atoms with Gasteiger partial charge in [0.15, 0.2) is 11.6 Å². The van der Waals surface area contributed by atoms with E-state index in [-0.39, 0.29) is 22.9 Å². The van der Waals surface area contributed by atoms with Crippen LogP contribution in [0.2, 0.25) is 0 Å². The van der Waals surface area contributed by atoms with E-state index in [1.165, 1.54) is 16.2 Å². The molecule has 1 atom stereocenters. The van der Waals surface area contributed by atoms with Crippen molar-refractivity contribution in [2.45, 2.75) is 44.1 Å². The van der Waals surface area contributed by atoms with Crippen LogP contribution >= 0.6 is 11.3 Å². The predicted octanol–water partition coefficient (Wildman–Crippen LogP) is 2.63. The van der Waals surface area contributed by atoms with Crippen molar-refractivity contribution in [2.24, 2.45) is 5.41 Å². The first-order valence-electron chi connectivity index (χ1n) is 15.4. The summed E-state index contributed by atoms with van der Waals surface area (Å²) in [4.78, 5) is 26.0. The molecule has 0 bridgehead atoms. The van der Waals surface area contributed by atoms with Crippen LogP contribution in [0.25, 0.3) is 0 Å². The van der Waals surface area contributed by atoms with E-state index in [1.54, 1.807) is 12.4 Å². The Morgan fingerprint density at radius 3 is 2.51 bits per heavy atom. The highest BCUT2D eigenvalue weighted by molar-refractivity contribution is 7.16. The van der Waals surface area contributed by atoms with Crippen LogP contribution < -0.4 is 26.0 Å². The van der Waals surface area contributed by atoms with Crippen LogP contribution in [0.1, 0.15) is 59.5 Å². The lowest BCUT2D eigenvalue weighted by Gasteiger charge is -2.49. The first kappa shape index (κ1) is 29.5. The highest BCUT2D eigenvalue weighted by Crippen LogP contribution is 2.53. The molecule has 0 aromatic carbocycles. The van der Waals surface area contributed by atoms with Gasteiger partial charge in [-0.3, -0.25) is 9.88 Å². The van der Waals surface area contributed by atoms with E-state index in [4.69, 9.17) is 30.9 Å². The van der Waals surface area contributed by atoms with Crippen LogP contribution in [0.15, 0.2) is 12.4 Å². The summed E-state index contributed by atoms with van der Waals surface area (Å²) in [6.07, 6.45) is 7.18. The normalized spacial score (nSPS) is 20.1. The molecule has 3 aromatic heterocycles. The fraction of sp³-hybridized carbons (Fsp3) is 0.548. The SMILES string of the molecule is C[C@H](c1nccnc1N)N(C)c1nc(OCC2(CN3CCOCC3)CC2)nc(N2CC3(CCc4sc(N)c(C#N)c43)C2)c1C#N. The molecule has 14 heteroatoms. The van der Waals surface area contributed by atoms with Crippen LogP contribution in [0.5, 0.6) is 6.01 Å². The summed E-state index contributed by atoms with van der Waals surface area (Å²) in [5, 5.41) is 21.0. The average Bonchev–Trinajstić information content (AvgIpc) is 3.58. The molecule has 2 aliphatic carbocycles. The minimum absolute atomic E-state index is 0.0653. The number of anilines is 4. The van der Waals surface area contributed by atoms with E-state index in [2.05, 4.69) is 31.9 Å². The summed E-state index contributed by atoms with van der Waals surface area (Å²) in [5.41, 5.74) is 14.9. The van der Waals surface area contributed by atoms with Crippen molar-refractivity contribution in [2.75, 3.05) is 80.9 Å². The lowest BCUT2D eigenvalue weighted by atomic mass is 9.74. The Morgan fingerprint density at radius 1 is 1.09 bits per heavy atom. The van der Waals surface area contributed by atoms with Crippen molar-refractivity contribution in [3.63, 3.8) is 0 Å². The number of nitrogens with two attached hydrogens (primary N) is 2. The maximum absolute atomic E-state index is 10.5. The highest BCUT2D eigenvalue weighted by atomic mass is 32.1. The number of rotatable bonds is 9. The van der Waals surface area contributed by atoms with Crippen molar-refractivity contribution >= 4 is 33.8 Å². The molecule has 5 heterocycles.